The maximum absolute atomic E-state index is 5.96. The number of rotatable bonds is 4. The van der Waals surface area contributed by atoms with Crippen molar-refractivity contribution in [3.8, 4) is 5.75 Å². The fraction of sp³-hybridized carbons (Fsp3) is 0.462. The van der Waals surface area contributed by atoms with Crippen LogP contribution in [0.3, 0.4) is 0 Å². The van der Waals surface area contributed by atoms with Gasteiger partial charge >= 0.3 is 0 Å². The molecule has 0 aromatic heterocycles. The Morgan fingerprint density at radius 1 is 1.40 bits per heavy atom. The van der Waals surface area contributed by atoms with E-state index in [0.29, 0.717) is 19.1 Å². The maximum Gasteiger partial charge on any atom is 0.191 e. The summed E-state index contributed by atoms with van der Waals surface area (Å²) in [5, 5.41) is 0. The van der Waals surface area contributed by atoms with E-state index in [-0.39, 0.29) is 24.0 Å². The molecule has 0 bridgehead atoms. The molecule has 0 atom stereocenters. The molecule has 0 unspecified atom stereocenters. The molecule has 0 saturated carbocycles. The third-order valence-corrected chi connectivity index (χ3v) is 4.20. The molecule has 2 rings (SSSR count). The summed E-state index contributed by atoms with van der Waals surface area (Å²) in [6.45, 7) is 3.11. The lowest BCUT2D eigenvalue weighted by Crippen LogP contribution is -2.42. The van der Waals surface area contributed by atoms with Gasteiger partial charge in [-0.15, -0.1) is 24.0 Å². The minimum Gasteiger partial charge on any atom is -0.492 e. The van der Waals surface area contributed by atoms with Crippen LogP contribution in [-0.2, 0) is 0 Å². The van der Waals surface area contributed by atoms with E-state index in [0.717, 1.165) is 34.8 Å². The first-order valence-electron chi connectivity index (χ1n) is 6.27. The summed E-state index contributed by atoms with van der Waals surface area (Å²) in [5.41, 5.74) is 5.96. The first-order valence-corrected chi connectivity index (χ1v) is 8.21. The van der Waals surface area contributed by atoms with Gasteiger partial charge in [-0.3, -0.25) is 0 Å². The van der Waals surface area contributed by atoms with Crippen LogP contribution in [0.2, 0.25) is 0 Å². The number of hydrogen-bond acceptors (Lipinski definition) is 3. The van der Waals surface area contributed by atoms with Crippen LogP contribution in [0.25, 0.3) is 0 Å². The SMILES string of the molecule is I.NC(=NCCOc1cccc(Br)c1)N1CCSCC1. The van der Waals surface area contributed by atoms with E-state index in [1.165, 1.54) is 0 Å². The molecule has 2 N–H and O–H groups in total. The highest BCUT2D eigenvalue weighted by atomic mass is 127. The lowest BCUT2D eigenvalue weighted by atomic mass is 10.3. The van der Waals surface area contributed by atoms with Gasteiger partial charge in [0.1, 0.15) is 12.4 Å². The van der Waals surface area contributed by atoms with Crippen molar-refractivity contribution in [3.05, 3.63) is 28.7 Å². The first-order chi connectivity index (χ1) is 9.25. The van der Waals surface area contributed by atoms with E-state index in [2.05, 4.69) is 25.8 Å². The average Bonchev–Trinajstić information content (AvgIpc) is 2.44. The monoisotopic (exact) mass is 471 g/mol. The number of benzene rings is 1. The Kier molecular flexibility index (Phi) is 8.70. The van der Waals surface area contributed by atoms with E-state index >= 15 is 0 Å². The number of hydrogen-bond donors (Lipinski definition) is 1. The Balaban J connectivity index is 0.00000200. The number of aliphatic imine (C=N–C) groups is 1. The van der Waals surface area contributed by atoms with Gasteiger partial charge in [-0.25, -0.2) is 4.99 Å². The van der Waals surface area contributed by atoms with Crippen LogP contribution in [0.5, 0.6) is 5.75 Å². The molecule has 0 amide bonds. The zero-order valence-corrected chi connectivity index (χ0v) is 15.9. The fourth-order valence-corrected chi connectivity index (χ4v) is 3.05. The summed E-state index contributed by atoms with van der Waals surface area (Å²) in [7, 11) is 0. The molecule has 0 aliphatic carbocycles. The second-order valence-corrected chi connectivity index (χ2v) is 6.29. The van der Waals surface area contributed by atoms with Gasteiger partial charge in [0.25, 0.3) is 0 Å². The van der Waals surface area contributed by atoms with E-state index in [1.807, 2.05) is 36.0 Å². The number of thioether (sulfide) groups is 1. The molecule has 1 aromatic rings. The third kappa shape index (κ3) is 6.09. The number of nitrogens with two attached hydrogens (primary N) is 1. The molecule has 0 radical (unpaired) electrons. The minimum absolute atomic E-state index is 0. The van der Waals surface area contributed by atoms with Crippen molar-refractivity contribution in [1.82, 2.24) is 4.90 Å². The predicted octanol–water partition coefficient (Wildman–Crippen LogP) is 2.81. The summed E-state index contributed by atoms with van der Waals surface area (Å²) in [4.78, 5) is 6.49. The smallest absolute Gasteiger partial charge is 0.191 e. The van der Waals surface area contributed by atoms with E-state index in [9.17, 15) is 0 Å². The summed E-state index contributed by atoms with van der Waals surface area (Å²) in [5.74, 6) is 3.74. The molecule has 1 saturated heterocycles. The normalized spacial score (nSPS) is 15.7. The molecule has 1 heterocycles. The van der Waals surface area contributed by atoms with E-state index in [4.69, 9.17) is 10.5 Å². The van der Waals surface area contributed by atoms with Gasteiger partial charge in [0.05, 0.1) is 6.54 Å². The largest absolute Gasteiger partial charge is 0.492 e. The lowest BCUT2D eigenvalue weighted by molar-refractivity contribution is 0.327. The van der Waals surface area contributed by atoms with Gasteiger partial charge in [0.15, 0.2) is 5.96 Å². The van der Waals surface area contributed by atoms with Crippen LogP contribution in [0.4, 0.5) is 0 Å². The highest BCUT2D eigenvalue weighted by Crippen LogP contribution is 2.17. The Morgan fingerprint density at radius 2 is 2.15 bits per heavy atom. The van der Waals surface area contributed by atoms with Gasteiger partial charge in [-0.05, 0) is 18.2 Å². The first kappa shape index (κ1) is 17.9. The van der Waals surface area contributed by atoms with Crippen LogP contribution in [0, 0.1) is 0 Å². The van der Waals surface area contributed by atoms with Gasteiger partial charge in [0.2, 0.25) is 0 Å². The van der Waals surface area contributed by atoms with E-state index < -0.39 is 0 Å². The summed E-state index contributed by atoms with van der Waals surface area (Å²) in [6.07, 6.45) is 0. The molecule has 4 nitrogen and oxygen atoms in total. The highest BCUT2D eigenvalue weighted by molar-refractivity contribution is 14.0. The second kappa shape index (κ2) is 9.73. The number of ether oxygens (including phenoxy) is 1. The van der Waals surface area contributed by atoms with Crippen molar-refractivity contribution in [2.24, 2.45) is 10.7 Å². The van der Waals surface area contributed by atoms with Crippen LogP contribution in [-0.4, -0.2) is 48.6 Å². The minimum atomic E-state index is 0. The summed E-state index contributed by atoms with van der Waals surface area (Å²) < 4.78 is 6.62. The molecule has 0 spiro atoms. The molecule has 1 aromatic carbocycles. The molecule has 7 heteroatoms. The highest BCUT2D eigenvalue weighted by Gasteiger charge is 2.11. The molecular formula is C13H19BrIN3OS. The van der Waals surface area contributed by atoms with Crippen molar-refractivity contribution in [2.75, 3.05) is 37.7 Å². The van der Waals surface area contributed by atoms with Gasteiger partial charge in [-0.2, -0.15) is 11.8 Å². The Hall–Kier alpha value is -0.150. The maximum atomic E-state index is 5.96. The van der Waals surface area contributed by atoms with Crippen molar-refractivity contribution < 1.29 is 4.74 Å². The molecule has 112 valence electrons. The fourth-order valence-electron chi connectivity index (χ4n) is 1.77. The average molecular weight is 472 g/mol. The zero-order valence-electron chi connectivity index (χ0n) is 11.1. The standard InChI is InChI=1S/C13H18BrN3OS.HI/c14-11-2-1-3-12(10-11)18-7-4-16-13(15)17-5-8-19-9-6-17;/h1-3,10H,4-9H2,(H2,15,16);1H. The van der Waals surface area contributed by atoms with Crippen LogP contribution < -0.4 is 10.5 Å². The molecule has 20 heavy (non-hydrogen) atoms. The Bertz CT molecular complexity index is 441. The Morgan fingerprint density at radius 3 is 2.85 bits per heavy atom. The van der Waals surface area contributed by atoms with Crippen molar-refractivity contribution in [3.63, 3.8) is 0 Å². The summed E-state index contributed by atoms with van der Waals surface area (Å²) >= 11 is 5.37. The molecular weight excluding hydrogens is 453 g/mol. The van der Waals surface area contributed by atoms with Gasteiger partial charge in [0, 0.05) is 29.1 Å². The quantitative estimate of drug-likeness (QED) is 0.317. The summed E-state index contributed by atoms with van der Waals surface area (Å²) in [6, 6.07) is 7.79. The van der Waals surface area contributed by atoms with Crippen LogP contribution in [0.15, 0.2) is 33.7 Å². The van der Waals surface area contributed by atoms with Crippen LogP contribution >= 0.6 is 51.7 Å². The number of nitrogens with zero attached hydrogens (tertiary/aromatic N) is 2. The number of halogens is 2. The molecule has 1 fully saturated rings. The van der Waals surface area contributed by atoms with E-state index in [1.54, 1.807) is 0 Å². The Labute approximate surface area is 149 Å². The van der Waals surface area contributed by atoms with Crippen molar-refractivity contribution in [2.45, 2.75) is 0 Å². The van der Waals surface area contributed by atoms with Gasteiger partial charge in [-0.1, -0.05) is 22.0 Å². The predicted molar refractivity (Wildman–Crippen MR) is 100 cm³/mol. The lowest BCUT2D eigenvalue weighted by Gasteiger charge is -2.27. The van der Waals surface area contributed by atoms with Gasteiger partial charge < -0.3 is 15.4 Å². The second-order valence-electron chi connectivity index (χ2n) is 4.15. The number of guanidine groups is 1. The third-order valence-electron chi connectivity index (χ3n) is 2.76. The topological polar surface area (TPSA) is 50.9 Å². The van der Waals surface area contributed by atoms with Crippen molar-refractivity contribution in [1.29, 1.82) is 0 Å². The molecule has 1 aliphatic rings. The zero-order chi connectivity index (χ0) is 13.5. The van der Waals surface area contributed by atoms with Crippen molar-refractivity contribution >= 4 is 57.6 Å². The van der Waals surface area contributed by atoms with Crippen LogP contribution in [0.1, 0.15) is 0 Å². The molecule has 1 aliphatic heterocycles.